The Bertz CT molecular complexity index is 548. The second kappa shape index (κ2) is 6.65. The zero-order chi connectivity index (χ0) is 15.4. The highest BCUT2D eigenvalue weighted by molar-refractivity contribution is 5.98. The first-order chi connectivity index (χ1) is 10.0. The van der Waals surface area contributed by atoms with Gasteiger partial charge in [0.2, 0.25) is 0 Å². The van der Waals surface area contributed by atoms with Gasteiger partial charge in [-0.3, -0.25) is 14.9 Å². The summed E-state index contributed by atoms with van der Waals surface area (Å²) in [5.41, 5.74) is -0.574. The molecule has 1 saturated carbocycles. The Balaban J connectivity index is 2.13. The van der Waals surface area contributed by atoms with Crippen LogP contribution in [0.5, 0.6) is 0 Å². The fourth-order valence-corrected chi connectivity index (χ4v) is 2.91. The van der Waals surface area contributed by atoms with Gasteiger partial charge in [0, 0.05) is 12.1 Å². The average molecular weight is 294 g/mol. The molecular weight excluding hydrogens is 275 g/mol. The molecule has 0 spiro atoms. The third kappa shape index (κ3) is 3.77. The van der Waals surface area contributed by atoms with E-state index < -0.39 is 16.6 Å². The van der Waals surface area contributed by atoms with Crippen molar-refractivity contribution < 1.29 is 14.1 Å². The zero-order valence-corrected chi connectivity index (χ0v) is 12.0. The monoisotopic (exact) mass is 294 g/mol. The van der Waals surface area contributed by atoms with Crippen LogP contribution in [-0.4, -0.2) is 16.9 Å². The number of nitrogens with one attached hydrogen (secondary N) is 1. The van der Waals surface area contributed by atoms with Crippen molar-refractivity contribution in [2.45, 2.75) is 45.1 Å². The highest BCUT2D eigenvalue weighted by Gasteiger charge is 2.26. The lowest BCUT2D eigenvalue weighted by molar-refractivity contribution is -0.385. The predicted octanol–water partition coefficient (Wildman–Crippen LogP) is 3.43. The Morgan fingerprint density at radius 2 is 2.24 bits per heavy atom. The molecule has 21 heavy (non-hydrogen) atoms. The van der Waals surface area contributed by atoms with Gasteiger partial charge in [0.1, 0.15) is 11.4 Å². The minimum absolute atomic E-state index is 0.0130. The highest BCUT2D eigenvalue weighted by Crippen LogP contribution is 2.27. The van der Waals surface area contributed by atoms with E-state index in [-0.39, 0.29) is 17.3 Å². The Labute approximate surface area is 122 Å². The van der Waals surface area contributed by atoms with E-state index in [4.69, 9.17) is 0 Å². The molecule has 1 aromatic carbocycles. The molecule has 0 bridgehead atoms. The molecule has 0 aliphatic heterocycles. The lowest BCUT2D eigenvalue weighted by Gasteiger charge is -2.29. The van der Waals surface area contributed by atoms with Gasteiger partial charge in [0.15, 0.2) is 0 Å². The summed E-state index contributed by atoms with van der Waals surface area (Å²) in [5.74, 6) is -0.643. The molecule has 1 aliphatic carbocycles. The van der Waals surface area contributed by atoms with Gasteiger partial charge >= 0.3 is 0 Å². The van der Waals surface area contributed by atoms with Crippen molar-refractivity contribution in [3.05, 3.63) is 39.7 Å². The zero-order valence-electron chi connectivity index (χ0n) is 12.0. The van der Waals surface area contributed by atoms with Crippen molar-refractivity contribution >= 4 is 11.6 Å². The van der Waals surface area contributed by atoms with Crippen molar-refractivity contribution in [2.75, 3.05) is 0 Å². The Kier molecular flexibility index (Phi) is 4.88. The molecule has 1 fully saturated rings. The summed E-state index contributed by atoms with van der Waals surface area (Å²) < 4.78 is 13.3. The first-order valence-electron chi connectivity index (χ1n) is 7.26. The number of amides is 1. The number of carbonyl (C=O) groups is 1. The van der Waals surface area contributed by atoms with Crippen LogP contribution in [0.1, 0.15) is 49.4 Å². The van der Waals surface area contributed by atoms with E-state index >= 15 is 0 Å². The number of benzene rings is 1. The Morgan fingerprint density at radius 1 is 1.48 bits per heavy atom. The molecule has 2 atom stereocenters. The molecule has 1 aliphatic rings. The molecule has 2 unspecified atom stereocenters. The van der Waals surface area contributed by atoms with Crippen molar-refractivity contribution in [1.82, 2.24) is 5.32 Å². The summed E-state index contributed by atoms with van der Waals surface area (Å²) in [6.45, 7) is 2.12. The molecule has 6 heteroatoms. The summed E-state index contributed by atoms with van der Waals surface area (Å²) in [7, 11) is 0. The largest absolute Gasteiger partial charge is 0.349 e. The van der Waals surface area contributed by atoms with E-state index in [1.54, 1.807) is 0 Å². The van der Waals surface area contributed by atoms with Gasteiger partial charge in [0.05, 0.1) is 4.92 Å². The molecule has 1 aromatic rings. The number of hydrogen-bond donors (Lipinski definition) is 1. The number of nitro groups is 1. The van der Waals surface area contributed by atoms with Crippen LogP contribution in [0.2, 0.25) is 0 Å². The molecule has 0 saturated heterocycles. The number of carbonyl (C=O) groups excluding carboxylic acids is 1. The van der Waals surface area contributed by atoms with E-state index in [2.05, 4.69) is 12.2 Å². The minimum Gasteiger partial charge on any atom is -0.349 e. The van der Waals surface area contributed by atoms with Crippen molar-refractivity contribution in [1.29, 1.82) is 0 Å². The molecule has 2 rings (SSSR count). The lowest BCUT2D eigenvalue weighted by Crippen LogP contribution is -2.38. The van der Waals surface area contributed by atoms with Gasteiger partial charge in [-0.05, 0) is 30.9 Å². The average Bonchev–Trinajstić information content (AvgIpc) is 2.47. The van der Waals surface area contributed by atoms with E-state index in [0.29, 0.717) is 5.92 Å². The maximum absolute atomic E-state index is 13.3. The van der Waals surface area contributed by atoms with Crippen molar-refractivity contribution in [3.8, 4) is 0 Å². The standard InChI is InChI=1S/C15H19FN2O3/c1-2-10-4-3-5-12(8-10)17-15(19)13-9-11(16)6-7-14(13)18(20)21/h6-7,9-10,12H,2-5,8H2,1H3,(H,17,19). The Hall–Kier alpha value is -1.98. The maximum atomic E-state index is 13.3. The molecule has 0 radical (unpaired) electrons. The van der Waals surface area contributed by atoms with E-state index in [9.17, 15) is 19.3 Å². The first kappa shape index (κ1) is 15.4. The van der Waals surface area contributed by atoms with Gasteiger partial charge in [-0.2, -0.15) is 0 Å². The van der Waals surface area contributed by atoms with Crippen LogP contribution in [0.25, 0.3) is 0 Å². The van der Waals surface area contributed by atoms with Crippen LogP contribution < -0.4 is 5.32 Å². The normalized spacial score (nSPS) is 21.8. The predicted molar refractivity (Wildman–Crippen MR) is 76.6 cm³/mol. The topological polar surface area (TPSA) is 72.2 Å². The second-order valence-electron chi connectivity index (χ2n) is 5.53. The summed E-state index contributed by atoms with van der Waals surface area (Å²) in [4.78, 5) is 22.5. The van der Waals surface area contributed by atoms with Crippen molar-refractivity contribution in [3.63, 3.8) is 0 Å². The van der Waals surface area contributed by atoms with Gasteiger partial charge in [0.25, 0.3) is 11.6 Å². The van der Waals surface area contributed by atoms with Crippen LogP contribution >= 0.6 is 0 Å². The molecule has 114 valence electrons. The number of halogens is 1. The van der Waals surface area contributed by atoms with Gasteiger partial charge in [-0.1, -0.05) is 26.2 Å². The van der Waals surface area contributed by atoms with Crippen LogP contribution in [-0.2, 0) is 0 Å². The molecule has 0 aromatic heterocycles. The van der Waals surface area contributed by atoms with E-state index in [0.717, 1.165) is 50.3 Å². The SMILES string of the molecule is CCC1CCCC(NC(=O)c2cc(F)ccc2[N+](=O)[O-])C1. The van der Waals surface area contributed by atoms with E-state index in [1.165, 1.54) is 0 Å². The molecule has 5 nitrogen and oxygen atoms in total. The van der Waals surface area contributed by atoms with Crippen molar-refractivity contribution in [2.24, 2.45) is 5.92 Å². The summed E-state index contributed by atoms with van der Waals surface area (Å²) in [6.07, 6.45) is 5.00. The van der Waals surface area contributed by atoms with Crippen LogP contribution in [0, 0.1) is 21.8 Å². The van der Waals surface area contributed by atoms with Crippen LogP contribution in [0.3, 0.4) is 0 Å². The maximum Gasteiger partial charge on any atom is 0.282 e. The summed E-state index contributed by atoms with van der Waals surface area (Å²) in [6, 6.07) is 2.95. The number of nitrogens with zero attached hydrogens (tertiary/aromatic N) is 1. The fourth-order valence-electron chi connectivity index (χ4n) is 2.91. The number of hydrogen-bond acceptors (Lipinski definition) is 3. The lowest BCUT2D eigenvalue weighted by atomic mass is 9.84. The molecule has 1 N–H and O–H groups in total. The summed E-state index contributed by atoms with van der Waals surface area (Å²) >= 11 is 0. The molecule has 0 heterocycles. The van der Waals surface area contributed by atoms with Gasteiger partial charge in [-0.25, -0.2) is 4.39 Å². The van der Waals surface area contributed by atoms with Gasteiger partial charge in [-0.15, -0.1) is 0 Å². The fraction of sp³-hybridized carbons (Fsp3) is 0.533. The number of nitro benzene ring substituents is 1. The van der Waals surface area contributed by atoms with Crippen LogP contribution in [0.4, 0.5) is 10.1 Å². The quantitative estimate of drug-likeness (QED) is 0.683. The van der Waals surface area contributed by atoms with Crippen LogP contribution in [0.15, 0.2) is 18.2 Å². The minimum atomic E-state index is -0.663. The molecule has 1 amide bonds. The van der Waals surface area contributed by atoms with E-state index in [1.807, 2.05) is 0 Å². The summed E-state index contributed by atoms with van der Waals surface area (Å²) in [5, 5.41) is 13.7. The molecular formula is C15H19FN2O3. The second-order valence-corrected chi connectivity index (χ2v) is 5.53. The van der Waals surface area contributed by atoms with Gasteiger partial charge < -0.3 is 5.32 Å². The smallest absolute Gasteiger partial charge is 0.282 e. The third-order valence-electron chi connectivity index (χ3n) is 4.10. The first-order valence-corrected chi connectivity index (χ1v) is 7.26. The highest BCUT2D eigenvalue weighted by atomic mass is 19.1. The number of rotatable bonds is 4. The Morgan fingerprint density at radius 3 is 2.90 bits per heavy atom. The third-order valence-corrected chi connectivity index (χ3v) is 4.10.